The summed E-state index contributed by atoms with van der Waals surface area (Å²) in [4.78, 5) is 11.2. The Morgan fingerprint density at radius 3 is 2.63 bits per heavy atom. The molecule has 2 aromatic carbocycles. The Hall–Kier alpha value is -4.37. The molecular formula is C37H35Cl2N5O5. The predicted molar refractivity (Wildman–Crippen MR) is 187 cm³/mol. The quantitative estimate of drug-likeness (QED) is 0.183. The third-order valence-electron chi connectivity index (χ3n) is 9.29. The fourth-order valence-corrected chi connectivity index (χ4v) is 7.59. The molecule has 0 unspecified atom stereocenters. The van der Waals surface area contributed by atoms with E-state index in [0.29, 0.717) is 74.8 Å². The van der Waals surface area contributed by atoms with Crippen molar-refractivity contribution in [3.63, 3.8) is 0 Å². The number of halogens is 2. The van der Waals surface area contributed by atoms with Gasteiger partial charge in [0, 0.05) is 56.1 Å². The van der Waals surface area contributed by atoms with Crippen LogP contribution in [-0.4, -0.2) is 64.6 Å². The van der Waals surface area contributed by atoms with Gasteiger partial charge in [0.15, 0.2) is 5.58 Å². The van der Waals surface area contributed by atoms with Gasteiger partial charge < -0.3 is 28.7 Å². The predicted octanol–water partition coefficient (Wildman–Crippen LogP) is 6.31. The van der Waals surface area contributed by atoms with E-state index in [1.54, 1.807) is 24.9 Å². The Bertz CT molecular complexity index is 2170. The first kappa shape index (κ1) is 33.1. The summed E-state index contributed by atoms with van der Waals surface area (Å²) < 4.78 is 20.1. The van der Waals surface area contributed by atoms with Crippen LogP contribution in [0.1, 0.15) is 41.2 Å². The number of hydrogen-bond acceptors (Lipinski definition) is 9. The number of nitriles is 1. The molecule has 4 heterocycles. The fourth-order valence-electron chi connectivity index (χ4n) is 7.05. The van der Waals surface area contributed by atoms with Gasteiger partial charge in [0.2, 0.25) is 11.8 Å². The van der Waals surface area contributed by atoms with Crippen molar-refractivity contribution in [1.29, 1.82) is 5.26 Å². The highest BCUT2D eigenvalue weighted by molar-refractivity contribution is 6.36. The van der Waals surface area contributed by atoms with Crippen LogP contribution in [0.2, 0.25) is 10.0 Å². The second-order valence-electron chi connectivity index (χ2n) is 12.3. The van der Waals surface area contributed by atoms with Crippen LogP contribution in [0.5, 0.6) is 11.8 Å². The van der Waals surface area contributed by atoms with E-state index in [1.165, 1.54) is 0 Å². The van der Waals surface area contributed by atoms with Gasteiger partial charge in [0.1, 0.15) is 34.0 Å². The van der Waals surface area contributed by atoms with E-state index >= 15 is 0 Å². The summed E-state index contributed by atoms with van der Waals surface area (Å²) in [6, 6.07) is 17.8. The van der Waals surface area contributed by atoms with Gasteiger partial charge >= 0.3 is 0 Å². The Morgan fingerprint density at radius 1 is 1.10 bits per heavy atom. The smallest absolute Gasteiger partial charge is 0.236 e. The topological polar surface area (TPSA) is 129 Å². The lowest BCUT2D eigenvalue weighted by molar-refractivity contribution is 0.174. The van der Waals surface area contributed by atoms with E-state index in [-0.39, 0.29) is 18.8 Å². The summed E-state index contributed by atoms with van der Waals surface area (Å²) in [6.45, 7) is 2.19. The van der Waals surface area contributed by atoms with Crippen LogP contribution < -0.4 is 15.0 Å². The maximum absolute atomic E-state index is 9.94. The molecule has 0 spiro atoms. The minimum absolute atomic E-state index is 0.0925. The van der Waals surface area contributed by atoms with E-state index in [9.17, 15) is 15.5 Å². The van der Waals surface area contributed by atoms with Crippen LogP contribution in [-0.2, 0) is 19.5 Å². The van der Waals surface area contributed by atoms with Crippen molar-refractivity contribution in [3.8, 4) is 40.3 Å². The lowest BCUT2D eigenvalue weighted by Crippen LogP contribution is -2.23. The zero-order valence-corrected chi connectivity index (χ0v) is 28.6. The maximum Gasteiger partial charge on any atom is 0.236 e. The molecular weight excluding hydrogens is 665 g/mol. The van der Waals surface area contributed by atoms with Crippen molar-refractivity contribution in [3.05, 3.63) is 92.5 Å². The number of fused-ring (bicyclic) bond motifs is 2. The molecule has 1 aliphatic heterocycles. The fraction of sp³-hybridized carbons (Fsp3) is 0.324. The zero-order valence-electron chi connectivity index (χ0n) is 27.1. The minimum atomic E-state index is -0.319. The van der Waals surface area contributed by atoms with Gasteiger partial charge in [-0.1, -0.05) is 53.5 Å². The molecule has 1 aliphatic carbocycles. The molecule has 0 bridgehead atoms. The molecule has 2 N–H and O–H groups in total. The van der Waals surface area contributed by atoms with Crippen LogP contribution in [0, 0.1) is 11.3 Å². The van der Waals surface area contributed by atoms with Crippen molar-refractivity contribution in [2.75, 3.05) is 33.9 Å². The summed E-state index contributed by atoms with van der Waals surface area (Å²) in [6.07, 6.45) is 3.30. The molecule has 10 nitrogen and oxygen atoms in total. The van der Waals surface area contributed by atoms with E-state index in [0.717, 1.165) is 53.6 Å². The van der Waals surface area contributed by atoms with Gasteiger partial charge in [0.25, 0.3) is 0 Å². The SMILES string of the molecule is C/N=c1/c2cc(-c3cccc(-c4cccc5c4CC[C@@H]5Oc4nc(OC)c(CN5CC[C@@H](O)C5)cc4Cl)c3Cl)oc2c(C#N)cn1CCO. The summed E-state index contributed by atoms with van der Waals surface area (Å²) in [7, 11) is 3.25. The average Bonchev–Trinajstić information content (AvgIpc) is 3.84. The number of aliphatic hydroxyl groups excluding tert-OH is 2. The number of likely N-dealkylation sites (tertiary alicyclic amines) is 1. The van der Waals surface area contributed by atoms with Crippen LogP contribution in [0.4, 0.5) is 0 Å². The molecule has 0 radical (unpaired) electrons. The molecule has 1 saturated heterocycles. The highest BCUT2D eigenvalue weighted by atomic mass is 35.5. The number of benzene rings is 2. The molecule has 0 amide bonds. The number of nitrogens with zero attached hydrogens (tertiary/aromatic N) is 5. The molecule has 2 atom stereocenters. The van der Waals surface area contributed by atoms with E-state index < -0.39 is 0 Å². The normalized spacial score (nSPS) is 17.9. The molecule has 5 aromatic rings. The van der Waals surface area contributed by atoms with Gasteiger partial charge in [-0.05, 0) is 54.2 Å². The van der Waals surface area contributed by atoms with E-state index in [4.69, 9.17) is 37.1 Å². The molecule has 3 aromatic heterocycles. The number of furan rings is 1. The summed E-state index contributed by atoms with van der Waals surface area (Å²) in [5.74, 6) is 1.27. The first-order valence-electron chi connectivity index (χ1n) is 16.2. The standard InChI is InChI=1S/C37H35Cl2N5O5/c1-41-35-29-16-32(48-34(29)22(17-40)19-44(35)13-14-45)28-8-4-7-27(33(28)39)24-5-3-6-26-25(24)9-10-31(26)49-37-30(38)15-21(36(42-37)47-2)18-43-12-11-23(46)20-43/h3-8,15-16,19,23,31,45-46H,9-14,18,20H2,1-2H3/b41-35-/t23-,31+/m1/s1. The van der Waals surface area contributed by atoms with Crippen molar-refractivity contribution in [2.45, 2.75) is 44.6 Å². The second-order valence-corrected chi connectivity index (χ2v) is 13.1. The molecule has 2 aliphatic rings. The lowest BCUT2D eigenvalue weighted by atomic mass is 9.95. The van der Waals surface area contributed by atoms with Crippen molar-refractivity contribution in [2.24, 2.45) is 4.99 Å². The highest BCUT2D eigenvalue weighted by Gasteiger charge is 2.30. The number of rotatable bonds is 9. The number of β-amino-alcohol motifs (C(OH)–C–C–N with tert-alkyl or cyclic N) is 1. The minimum Gasteiger partial charge on any atom is -0.481 e. The third kappa shape index (κ3) is 6.18. The van der Waals surface area contributed by atoms with Crippen LogP contribution in [0.3, 0.4) is 0 Å². The Kier molecular flexibility index (Phi) is 9.38. The van der Waals surface area contributed by atoms with Crippen LogP contribution in [0.25, 0.3) is 33.4 Å². The van der Waals surface area contributed by atoms with Crippen LogP contribution in [0.15, 0.2) is 64.1 Å². The Balaban J connectivity index is 1.20. The molecule has 1 fully saturated rings. The molecule has 252 valence electrons. The monoisotopic (exact) mass is 699 g/mol. The highest BCUT2D eigenvalue weighted by Crippen LogP contribution is 2.45. The second kappa shape index (κ2) is 13.9. The summed E-state index contributed by atoms with van der Waals surface area (Å²) >= 11 is 13.9. The largest absolute Gasteiger partial charge is 0.481 e. The third-order valence-corrected chi connectivity index (χ3v) is 9.97. The van der Waals surface area contributed by atoms with Crippen LogP contribution >= 0.6 is 23.2 Å². The van der Waals surface area contributed by atoms with E-state index in [1.807, 2.05) is 36.4 Å². The number of methoxy groups -OCH3 is 1. The average molecular weight is 701 g/mol. The maximum atomic E-state index is 9.94. The number of aromatic nitrogens is 2. The van der Waals surface area contributed by atoms with E-state index in [2.05, 4.69) is 33.1 Å². The molecule has 7 rings (SSSR count). The molecule has 49 heavy (non-hydrogen) atoms. The van der Waals surface area contributed by atoms with Gasteiger partial charge in [-0.3, -0.25) is 9.89 Å². The van der Waals surface area contributed by atoms with Gasteiger partial charge in [-0.25, -0.2) is 0 Å². The summed E-state index contributed by atoms with van der Waals surface area (Å²) in [5.41, 5.74) is 6.90. The van der Waals surface area contributed by atoms with Gasteiger partial charge in [-0.15, -0.1) is 0 Å². The van der Waals surface area contributed by atoms with Crippen molar-refractivity contribution in [1.82, 2.24) is 14.5 Å². The van der Waals surface area contributed by atoms with Gasteiger partial charge in [0.05, 0.1) is 30.2 Å². The summed E-state index contributed by atoms with van der Waals surface area (Å²) in [5, 5.41) is 31.0. The van der Waals surface area contributed by atoms with Crippen molar-refractivity contribution < 1.29 is 24.1 Å². The lowest BCUT2D eigenvalue weighted by Gasteiger charge is -2.20. The number of pyridine rings is 2. The first-order valence-corrected chi connectivity index (χ1v) is 16.9. The number of aliphatic hydroxyl groups is 2. The zero-order chi connectivity index (χ0) is 34.2. The first-order chi connectivity index (χ1) is 23.8. The Morgan fingerprint density at radius 2 is 1.90 bits per heavy atom. The Labute approximate surface area is 293 Å². The molecule has 0 saturated carbocycles. The molecule has 12 heteroatoms. The number of ether oxygens (including phenoxy) is 2. The van der Waals surface area contributed by atoms with Crippen molar-refractivity contribution >= 4 is 34.2 Å². The number of hydrogen-bond donors (Lipinski definition) is 2. The van der Waals surface area contributed by atoms with Gasteiger partial charge in [-0.2, -0.15) is 10.2 Å².